The number of pyridine rings is 1. The van der Waals surface area contributed by atoms with E-state index in [0.717, 1.165) is 11.4 Å². The minimum Gasteiger partial charge on any atom is -0.319 e. The van der Waals surface area contributed by atoms with Crippen LogP contribution in [0.25, 0.3) is 5.69 Å². The van der Waals surface area contributed by atoms with Crippen LogP contribution in [0.2, 0.25) is 0 Å². The molecule has 1 aromatic carbocycles. The summed E-state index contributed by atoms with van der Waals surface area (Å²) in [7, 11) is 1.75. The van der Waals surface area contributed by atoms with Gasteiger partial charge in [0.15, 0.2) is 0 Å². The minimum absolute atomic E-state index is 0.129. The van der Waals surface area contributed by atoms with E-state index in [1.54, 1.807) is 35.2 Å². The summed E-state index contributed by atoms with van der Waals surface area (Å²) in [6.45, 7) is 1.94. The number of amides is 2. The molecule has 0 fully saturated rings. The van der Waals surface area contributed by atoms with Crippen LogP contribution in [0.4, 0.5) is 10.5 Å². The monoisotopic (exact) mass is 321 g/mol. The second-order valence-corrected chi connectivity index (χ2v) is 5.48. The molecule has 0 aliphatic carbocycles. The molecule has 0 saturated heterocycles. The fourth-order valence-corrected chi connectivity index (χ4v) is 2.32. The molecule has 0 aliphatic heterocycles. The van der Waals surface area contributed by atoms with Crippen LogP contribution in [0.1, 0.15) is 18.7 Å². The van der Waals surface area contributed by atoms with Gasteiger partial charge in [-0.2, -0.15) is 5.10 Å². The third kappa shape index (κ3) is 3.43. The molecule has 2 aromatic heterocycles. The Labute approximate surface area is 140 Å². The number of anilines is 1. The Balaban J connectivity index is 1.68. The fourth-order valence-electron chi connectivity index (χ4n) is 2.32. The first kappa shape index (κ1) is 15.7. The third-order valence-corrected chi connectivity index (χ3v) is 3.87. The first-order valence-electron chi connectivity index (χ1n) is 7.70. The standard InChI is InChI=1S/C18H19N5O/c1-14(17-10-6-7-11-19-17)22(2)18(24)21-15-12-20-23(13-15)16-8-4-3-5-9-16/h3-14H,1-2H3,(H,21,24)/t14-/m1/s1. The molecule has 0 unspecified atom stereocenters. The van der Waals surface area contributed by atoms with Gasteiger partial charge in [0.2, 0.25) is 0 Å². The van der Waals surface area contributed by atoms with Gasteiger partial charge in [-0.15, -0.1) is 0 Å². The molecule has 1 N–H and O–H groups in total. The third-order valence-electron chi connectivity index (χ3n) is 3.87. The average Bonchev–Trinajstić information content (AvgIpc) is 3.10. The van der Waals surface area contributed by atoms with Gasteiger partial charge in [0.05, 0.1) is 35.5 Å². The molecule has 2 amide bonds. The number of carbonyl (C=O) groups excluding carboxylic acids is 1. The van der Waals surface area contributed by atoms with E-state index in [-0.39, 0.29) is 12.1 Å². The Kier molecular flexibility index (Phi) is 4.56. The molecule has 0 saturated carbocycles. The van der Waals surface area contributed by atoms with Gasteiger partial charge in [-0.25, -0.2) is 9.48 Å². The van der Waals surface area contributed by atoms with Gasteiger partial charge in [-0.1, -0.05) is 24.3 Å². The molecule has 122 valence electrons. The van der Waals surface area contributed by atoms with Crippen LogP contribution in [0.15, 0.2) is 67.1 Å². The number of benzene rings is 1. The van der Waals surface area contributed by atoms with Crippen molar-refractivity contribution in [1.82, 2.24) is 19.7 Å². The molecule has 0 aliphatic rings. The SMILES string of the molecule is C[C@H](c1ccccn1)N(C)C(=O)Nc1cnn(-c2ccccc2)c1. The van der Waals surface area contributed by atoms with Crippen molar-refractivity contribution in [1.29, 1.82) is 0 Å². The lowest BCUT2D eigenvalue weighted by molar-refractivity contribution is 0.207. The van der Waals surface area contributed by atoms with Crippen LogP contribution in [0, 0.1) is 0 Å². The Hall–Kier alpha value is -3.15. The summed E-state index contributed by atoms with van der Waals surface area (Å²) >= 11 is 0. The van der Waals surface area contributed by atoms with Crippen LogP contribution in [-0.4, -0.2) is 32.7 Å². The molecule has 2 heterocycles. The molecule has 0 spiro atoms. The maximum absolute atomic E-state index is 12.4. The van der Waals surface area contributed by atoms with Gasteiger partial charge in [0, 0.05) is 13.2 Å². The lowest BCUT2D eigenvalue weighted by Crippen LogP contribution is -2.33. The van der Waals surface area contributed by atoms with E-state index in [0.29, 0.717) is 5.69 Å². The lowest BCUT2D eigenvalue weighted by Gasteiger charge is -2.24. The summed E-state index contributed by atoms with van der Waals surface area (Å²) in [4.78, 5) is 18.3. The molecule has 6 heteroatoms. The van der Waals surface area contributed by atoms with Crippen LogP contribution in [0.3, 0.4) is 0 Å². The molecule has 0 radical (unpaired) electrons. The number of para-hydroxylation sites is 1. The van der Waals surface area contributed by atoms with Crippen LogP contribution >= 0.6 is 0 Å². The van der Waals surface area contributed by atoms with E-state index in [9.17, 15) is 4.79 Å². The van der Waals surface area contributed by atoms with E-state index in [1.165, 1.54) is 0 Å². The Morgan fingerprint density at radius 2 is 1.92 bits per heavy atom. The number of nitrogens with zero attached hydrogens (tertiary/aromatic N) is 4. The maximum atomic E-state index is 12.4. The van der Waals surface area contributed by atoms with Crippen molar-refractivity contribution in [2.45, 2.75) is 13.0 Å². The summed E-state index contributed by atoms with van der Waals surface area (Å²) in [5.74, 6) is 0. The van der Waals surface area contributed by atoms with E-state index in [1.807, 2.05) is 55.5 Å². The molecule has 6 nitrogen and oxygen atoms in total. The van der Waals surface area contributed by atoms with Crippen LogP contribution in [-0.2, 0) is 0 Å². The van der Waals surface area contributed by atoms with Crippen molar-refractivity contribution in [3.05, 3.63) is 72.8 Å². The quantitative estimate of drug-likeness (QED) is 0.800. The topological polar surface area (TPSA) is 63.1 Å². The summed E-state index contributed by atoms with van der Waals surface area (Å²) < 4.78 is 1.72. The second-order valence-electron chi connectivity index (χ2n) is 5.48. The van der Waals surface area contributed by atoms with Gasteiger partial charge < -0.3 is 10.2 Å². The summed E-state index contributed by atoms with van der Waals surface area (Å²) in [6, 6.07) is 15.1. The van der Waals surface area contributed by atoms with Crippen molar-refractivity contribution in [2.75, 3.05) is 12.4 Å². The van der Waals surface area contributed by atoms with Gasteiger partial charge >= 0.3 is 6.03 Å². The fraction of sp³-hybridized carbons (Fsp3) is 0.167. The van der Waals surface area contributed by atoms with Gasteiger partial charge in [0.1, 0.15) is 0 Å². The second kappa shape index (κ2) is 6.95. The van der Waals surface area contributed by atoms with Crippen LogP contribution < -0.4 is 5.32 Å². The Morgan fingerprint density at radius 1 is 1.17 bits per heavy atom. The molecule has 1 atom stereocenters. The number of nitrogens with one attached hydrogen (secondary N) is 1. The Bertz CT molecular complexity index is 801. The number of rotatable bonds is 4. The summed E-state index contributed by atoms with van der Waals surface area (Å²) in [5, 5.41) is 7.13. The zero-order valence-corrected chi connectivity index (χ0v) is 13.6. The van der Waals surface area contributed by atoms with E-state index in [4.69, 9.17) is 0 Å². The predicted molar refractivity (Wildman–Crippen MR) is 93.0 cm³/mol. The van der Waals surface area contributed by atoms with Crippen molar-refractivity contribution < 1.29 is 4.79 Å². The molecule has 0 bridgehead atoms. The summed E-state index contributed by atoms with van der Waals surface area (Å²) in [5.41, 5.74) is 2.42. The highest BCUT2D eigenvalue weighted by molar-refractivity contribution is 5.89. The minimum atomic E-state index is -0.208. The van der Waals surface area contributed by atoms with Crippen molar-refractivity contribution >= 4 is 11.7 Å². The predicted octanol–water partition coefficient (Wildman–Crippen LogP) is 3.49. The molecular formula is C18H19N5O. The first-order chi connectivity index (χ1) is 11.6. The number of hydrogen-bond donors (Lipinski definition) is 1. The molecule has 3 aromatic rings. The highest BCUT2D eigenvalue weighted by Crippen LogP contribution is 2.18. The highest BCUT2D eigenvalue weighted by Gasteiger charge is 2.18. The first-order valence-corrected chi connectivity index (χ1v) is 7.70. The Morgan fingerprint density at radius 3 is 2.62 bits per heavy atom. The van der Waals surface area contributed by atoms with Crippen molar-refractivity contribution in [3.8, 4) is 5.69 Å². The largest absolute Gasteiger partial charge is 0.322 e. The summed E-state index contributed by atoms with van der Waals surface area (Å²) in [6.07, 6.45) is 5.14. The lowest BCUT2D eigenvalue weighted by atomic mass is 10.2. The number of hydrogen-bond acceptors (Lipinski definition) is 3. The smallest absolute Gasteiger partial charge is 0.319 e. The van der Waals surface area contributed by atoms with E-state index in [2.05, 4.69) is 15.4 Å². The normalized spacial score (nSPS) is 11.8. The average molecular weight is 321 g/mol. The van der Waals surface area contributed by atoms with E-state index >= 15 is 0 Å². The number of carbonyl (C=O) groups is 1. The highest BCUT2D eigenvalue weighted by atomic mass is 16.2. The van der Waals surface area contributed by atoms with E-state index < -0.39 is 0 Å². The van der Waals surface area contributed by atoms with Crippen molar-refractivity contribution in [2.24, 2.45) is 0 Å². The zero-order valence-electron chi connectivity index (χ0n) is 13.6. The van der Waals surface area contributed by atoms with Gasteiger partial charge in [-0.05, 0) is 31.2 Å². The zero-order chi connectivity index (χ0) is 16.9. The molecule has 3 rings (SSSR count). The molecular weight excluding hydrogens is 302 g/mol. The maximum Gasteiger partial charge on any atom is 0.322 e. The van der Waals surface area contributed by atoms with Crippen LogP contribution in [0.5, 0.6) is 0 Å². The van der Waals surface area contributed by atoms with Crippen molar-refractivity contribution in [3.63, 3.8) is 0 Å². The number of aromatic nitrogens is 3. The van der Waals surface area contributed by atoms with Gasteiger partial charge in [0.25, 0.3) is 0 Å². The molecule has 24 heavy (non-hydrogen) atoms. The number of urea groups is 1. The van der Waals surface area contributed by atoms with Gasteiger partial charge in [-0.3, -0.25) is 4.98 Å².